The van der Waals surface area contributed by atoms with E-state index in [0.29, 0.717) is 0 Å². The van der Waals surface area contributed by atoms with Crippen molar-refractivity contribution in [3.05, 3.63) is 142 Å². The fourth-order valence-corrected chi connectivity index (χ4v) is 7.11. The van der Waals surface area contributed by atoms with Crippen molar-refractivity contribution in [3.63, 3.8) is 0 Å². The van der Waals surface area contributed by atoms with Gasteiger partial charge in [-0.05, 0) is 78.2 Å². The molecule has 0 bridgehead atoms. The monoisotopic (exact) mass is 494 g/mol. The molecule has 0 aromatic heterocycles. The number of rotatable bonds is 0. The largest absolute Gasteiger partial charge is 0.0737 e. The van der Waals surface area contributed by atoms with Gasteiger partial charge in [-0.25, -0.2) is 0 Å². The lowest BCUT2D eigenvalue weighted by atomic mass is 9.68. The second-order valence-corrected chi connectivity index (χ2v) is 10.3. The molecule has 0 atom stereocenters. The molecular weight excluding hydrogens is 476 g/mol. The van der Waals surface area contributed by atoms with Crippen LogP contribution in [0, 0.1) is 0 Å². The SMILES string of the molecule is Brc1ccc2c3c(ccc2c1)-c1ccc2ccccc2c1C31c2ccccc2-c2ccccc21. The molecule has 0 heterocycles. The normalized spacial score (nSPS) is 14.3. The van der Waals surface area contributed by atoms with Crippen LogP contribution in [0.1, 0.15) is 22.3 Å². The summed E-state index contributed by atoms with van der Waals surface area (Å²) in [5.74, 6) is 0. The average Bonchev–Trinajstić information content (AvgIpc) is 3.36. The van der Waals surface area contributed by atoms with Crippen molar-refractivity contribution in [2.24, 2.45) is 0 Å². The van der Waals surface area contributed by atoms with Gasteiger partial charge in [0.1, 0.15) is 0 Å². The first-order chi connectivity index (χ1) is 16.8. The Morgan fingerprint density at radius 2 is 1.00 bits per heavy atom. The molecule has 0 nitrogen and oxygen atoms in total. The van der Waals surface area contributed by atoms with Gasteiger partial charge in [0.2, 0.25) is 0 Å². The van der Waals surface area contributed by atoms with E-state index in [1.165, 1.54) is 66.1 Å². The predicted molar refractivity (Wildman–Crippen MR) is 145 cm³/mol. The standard InChI is InChI=1S/C33H19Br/c34-22-15-18-24-21(19-22)14-17-28-27-16-13-20-7-1-2-8-23(20)31(27)33(32(24)28)29-11-5-3-9-25(29)26-10-4-6-12-30(26)33/h1-19H. The van der Waals surface area contributed by atoms with Crippen LogP contribution in [0.5, 0.6) is 0 Å². The Labute approximate surface area is 206 Å². The Morgan fingerprint density at radius 3 is 1.71 bits per heavy atom. The molecule has 1 spiro atoms. The lowest BCUT2D eigenvalue weighted by molar-refractivity contribution is 0.809. The minimum Gasteiger partial charge on any atom is -0.0619 e. The summed E-state index contributed by atoms with van der Waals surface area (Å²) in [6.07, 6.45) is 0. The Kier molecular flexibility index (Phi) is 3.56. The van der Waals surface area contributed by atoms with Crippen molar-refractivity contribution >= 4 is 37.5 Å². The van der Waals surface area contributed by atoms with Crippen LogP contribution in [0.25, 0.3) is 43.8 Å². The van der Waals surface area contributed by atoms with Crippen molar-refractivity contribution in [1.82, 2.24) is 0 Å². The molecule has 158 valence electrons. The van der Waals surface area contributed by atoms with Crippen LogP contribution in [0.2, 0.25) is 0 Å². The summed E-state index contributed by atoms with van der Waals surface area (Å²) in [5.41, 5.74) is 10.7. The zero-order valence-electron chi connectivity index (χ0n) is 18.3. The molecule has 0 saturated carbocycles. The van der Waals surface area contributed by atoms with Gasteiger partial charge in [-0.15, -0.1) is 0 Å². The molecule has 2 aliphatic rings. The lowest BCUT2D eigenvalue weighted by Crippen LogP contribution is -2.26. The van der Waals surface area contributed by atoms with E-state index in [9.17, 15) is 0 Å². The number of hydrogen-bond acceptors (Lipinski definition) is 0. The van der Waals surface area contributed by atoms with E-state index in [2.05, 4.69) is 131 Å². The van der Waals surface area contributed by atoms with Crippen LogP contribution >= 0.6 is 15.9 Å². The number of hydrogen-bond donors (Lipinski definition) is 0. The number of fused-ring (bicyclic) bond motifs is 14. The second-order valence-electron chi connectivity index (χ2n) is 9.40. The third-order valence-corrected chi connectivity index (χ3v) is 8.40. The smallest absolute Gasteiger partial charge is 0.0619 e. The topological polar surface area (TPSA) is 0 Å². The van der Waals surface area contributed by atoms with Gasteiger partial charge in [0.05, 0.1) is 5.41 Å². The quantitative estimate of drug-likeness (QED) is 0.197. The molecular formula is C33H19Br. The zero-order valence-corrected chi connectivity index (χ0v) is 19.9. The van der Waals surface area contributed by atoms with Gasteiger partial charge in [0.15, 0.2) is 0 Å². The minimum atomic E-state index is -0.341. The zero-order chi connectivity index (χ0) is 22.4. The third-order valence-electron chi connectivity index (χ3n) is 7.90. The molecule has 0 unspecified atom stereocenters. The van der Waals surface area contributed by atoms with E-state index in [1.54, 1.807) is 0 Å². The summed E-state index contributed by atoms with van der Waals surface area (Å²) in [4.78, 5) is 0. The highest BCUT2D eigenvalue weighted by atomic mass is 79.9. The molecule has 0 saturated heterocycles. The molecule has 2 aliphatic carbocycles. The average molecular weight is 495 g/mol. The molecule has 0 amide bonds. The summed E-state index contributed by atoms with van der Waals surface area (Å²) in [6, 6.07) is 42.9. The maximum atomic E-state index is 3.70. The van der Waals surface area contributed by atoms with Gasteiger partial charge in [0.25, 0.3) is 0 Å². The number of halogens is 1. The van der Waals surface area contributed by atoms with Crippen LogP contribution in [-0.4, -0.2) is 0 Å². The van der Waals surface area contributed by atoms with Gasteiger partial charge in [-0.2, -0.15) is 0 Å². The van der Waals surface area contributed by atoms with E-state index in [-0.39, 0.29) is 5.41 Å². The maximum absolute atomic E-state index is 3.70. The molecule has 0 radical (unpaired) electrons. The second kappa shape index (κ2) is 6.46. The first-order valence-electron chi connectivity index (χ1n) is 11.7. The van der Waals surface area contributed by atoms with Gasteiger partial charge in [-0.3, -0.25) is 0 Å². The minimum absolute atomic E-state index is 0.341. The van der Waals surface area contributed by atoms with Gasteiger partial charge in [0, 0.05) is 4.47 Å². The van der Waals surface area contributed by atoms with E-state index in [4.69, 9.17) is 0 Å². The van der Waals surface area contributed by atoms with Crippen molar-refractivity contribution in [1.29, 1.82) is 0 Å². The van der Waals surface area contributed by atoms with Crippen LogP contribution in [0.3, 0.4) is 0 Å². The van der Waals surface area contributed by atoms with Crippen LogP contribution in [0.15, 0.2) is 120 Å². The van der Waals surface area contributed by atoms with E-state index < -0.39 is 0 Å². The van der Waals surface area contributed by atoms with E-state index >= 15 is 0 Å². The Hall–Kier alpha value is -3.68. The van der Waals surface area contributed by atoms with Crippen molar-refractivity contribution in [2.45, 2.75) is 5.41 Å². The maximum Gasteiger partial charge on any atom is 0.0737 e. The highest BCUT2D eigenvalue weighted by molar-refractivity contribution is 9.10. The Balaban J connectivity index is 1.69. The first kappa shape index (κ1) is 18.7. The number of benzene rings is 6. The van der Waals surface area contributed by atoms with Gasteiger partial charge in [-0.1, -0.05) is 119 Å². The van der Waals surface area contributed by atoms with Crippen molar-refractivity contribution in [2.75, 3.05) is 0 Å². The summed E-state index contributed by atoms with van der Waals surface area (Å²) in [5, 5.41) is 5.23. The summed E-state index contributed by atoms with van der Waals surface area (Å²) >= 11 is 3.70. The molecule has 1 heteroatoms. The molecule has 0 N–H and O–H groups in total. The predicted octanol–water partition coefficient (Wildman–Crippen LogP) is 9.10. The van der Waals surface area contributed by atoms with E-state index in [0.717, 1.165) is 4.47 Å². The molecule has 0 aliphatic heterocycles. The van der Waals surface area contributed by atoms with Crippen molar-refractivity contribution in [3.8, 4) is 22.3 Å². The van der Waals surface area contributed by atoms with Crippen LogP contribution < -0.4 is 0 Å². The highest BCUT2D eigenvalue weighted by Gasteiger charge is 2.53. The van der Waals surface area contributed by atoms with Gasteiger partial charge < -0.3 is 0 Å². The van der Waals surface area contributed by atoms with E-state index in [1.807, 2.05) is 0 Å². The summed E-state index contributed by atoms with van der Waals surface area (Å²) in [6.45, 7) is 0. The first-order valence-corrected chi connectivity index (χ1v) is 12.5. The highest BCUT2D eigenvalue weighted by Crippen LogP contribution is 2.65. The third kappa shape index (κ3) is 2.10. The lowest BCUT2D eigenvalue weighted by Gasteiger charge is -2.32. The Bertz CT molecular complexity index is 1780. The summed E-state index contributed by atoms with van der Waals surface area (Å²) < 4.78 is 1.11. The van der Waals surface area contributed by atoms with Crippen LogP contribution in [0.4, 0.5) is 0 Å². The fraction of sp³-hybridized carbons (Fsp3) is 0.0303. The van der Waals surface area contributed by atoms with Crippen LogP contribution in [-0.2, 0) is 5.41 Å². The van der Waals surface area contributed by atoms with Gasteiger partial charge >= 0.3 is 0 Å². The molecule has 34 heavy (non-hydrogen) atoms. The molecule has 0 fully saturated rings. The summed E-state index contributed by atoms with van der Waals surface area (Å²) in [7, 11) is 0. The molecule has 6 aromatic carbocycles. The molecule has 6 aromatic rings. The fourth-order valence-electron chi connectivity index (χ4n) is 6.73. The molecule has 8 rings (SSSR count). The van der Waals surface area contributed by atoms with Crippen molar-refractivity contribution < 1.29 is 0 Å². The Morgan fingerprint density at radius 1 is 0.441 bits per heavy atom.